The molecule has 1 aliphatic carbocycles. The molecule has 1 aliphatic rings. The highest BCUT2D eigenvalue weighted by atomic mass is 32.1. The lowest BCUT2D eigenvalue weighted by Crippen LogP contribution is -2.45. The summed E-state index contributed by atoms with van der Waals surface area (Å²) in [6.45, 7) is 0. The zero-order valence-electron chi connectivity index (χ0n) is 13.1. The monoisotopic (exact) mass is 364 g/mol. The maximum absolute atomic E-state index is 12.4. The van der Waals surface area contributed by atoms with Crippen LogP contribution in [-0.4, -0.2) is 33.8 Å². The first-order valence-electron chi connectivity index (χ1n) is 8.05. The number of carboxylic acid groups (broad SMARTS) is 1. The summed E-state index contributed by atoms with van der Waals surface area (Å²) >= 11 is 5.71. The van der Waals surface area contributed by atoms with Gasteiger partial charge in [-0.25, -0.2) is 9.78 Å². The number of aromatic nitrogens is 1. The van der Waals surface area contributed by atoms with E-state index in [4.69, 9.17) is 0 Å². The van der Waals surface area contributed by atoms with Crippen molar-refractivity contribution in [3.05, 3.63) is 29.3 Å². The number of benzene rings is 1. The summed E-state index contributed by atoms with van der Waals surface area (Å²) in [5.74, 6) is -0.439. The second kappa shape index (κ2) is 7.53. The third-order valence-electron chi connectivity index (χ3n) is 4.24. The summed E-state index contributed by atoms with van der Waals surface area (Å²) < 4.78 is 1.02. The van der Waals surface area contributed by atoms with Crippen LogP contribution in [0.25, 0.3) is 10.2 Å². The van der Waals surface area contributed by atoms with E-state index in [0.717, 1.165) is 29.5 Å². The number of carbonyl (C=O) groups excluding carboxylic acids is 1. The van der Waals surface area contributed by atoms with Gasteiger partial charge >= 0.3 is 5.97 Å². The van der Waals surface area contributed by atoms with Gasteiger partial charge in [0.25, 0.3) is 0 Å². The minimum Gasteiger partial charge on any atom is -0.480 e. The number of carboxylic acids is 1. The topological polar surface area (TPSA) is 79.3 Å². The molecule has 1 aromatic heterocycles. The summed E-state index contributed by atoms with van der Waals surface area (Å²) in [7, 11) is 0. The van der Waals surface area contributed by atoms with Gasteiger partial charge in [-0.05, 0) is 24.5 Å². The minimum absolute atomic E-state index is 0.198. The molecule has 2 atom stereocenters. The number of para-hydroxylation sites is 1. The third kappa shape index (κ3) is 4.27. The van der Waals surface area contributed by atoms with Crippen molar-refractivity contribution in [1.29, 1.82) is 0 Å². The number of nitrogens with zero attached hydrogens (tertiary/aromatic N) is 1. The van der Waals surface area contributed by atoms with E-state index in [1.54, 1.807) is 0 Å². The maximum atomic E-state index is 12.4. The molecule has 128 valence electrons. The fraction of sp³-hybridized carbons (Fsp3) is 0.471. The van der Waals surface area contributed by atoms with Crippen molar-refractivity contribution in [3.63, 3.8) is 0 Å². The van der Waals surface area contributed by atoms with Crippen LogP contribution in [0.15, 0.2) is 24.3 Å². The average Bonchev–Trinajstić information content (AvgIpc) is 3.28. The number of hydrogen-bond donors (Lipinski definition) is 3. The quantitative estimate of drug-likeness (QED) is 0.629. The molecule has 7 heteroatoms. The summed E-state index contributed by atoms with van der Waals surface area (Å²) in [5.41, 5.74) is 0.856. The molecular formula is C17H20N2O3S2. The van der Waals surface area contributed by atoms with Crippen molar-refractivity contribution >= 4 is 46.1 Å². The summed E-state index contributed by atoms with van der Waals surface area (Å²) in [6.07, 6.45) is 3.31. The van der Waals surface area contributed by atoms with E-state index in [2.05, 4.69) is 22.9 Å². The number of amides is 1. The molecule has 0 unspecified atom stereocenters. The Kier molecular flexibility index (Phi) is 5.40. The Labute approximate surface area is 149 Å². The highest BCUT2D eigenvalue weighted by molar-refractivity contribution is 7.80. The average molecular weight is 364 g/mol. The molecule has 0 bridgehead atoms. The lowest BCUT2D eigenvalue weighted by Gasteiger charge is -2.18. The Balaban J connectivity index is 1.67. The molecule has 1 heterocycles. The van der Waals surface area contributed by atoms with Crippen molar-refractivity contribution < 1.29 is 14.7 Å². The van der Waals surface area contributed by atoms with Crippen LogP contribution >= 0.6 is 24.0 Å². The van der Waals surface area contributed by atoms with Crippen molar-refractivity contribution in [3.8, 4) is 0 Å². The van der Waals surface area contributed by atoms with Crippen LogP contribution in [0.3, 0.4) is 0 Å². The molecule has 1 saturated carbocycles. The first kappa shape index (κ1) is 17.2. The van der Waals surface area contributed by atoms with E-state index in [0.29, 0.717) is 16.7 Å². The molecule has 2 aromatic rings. The Bertz CT molecular complexity index is 709. The van der Waals surface area contributed by atoms with E-state index >= 15 is 0 Å². The second-order valence-electron chi connectivity index (χ2n) is 6.24. The normalized spacial score (nSPS) is 16.7. The van der Waals surface area contributed by atoms with Gasteiger partial charge in [0.2, 0.25) is 5.91 Å². The summed E-state index contributed by atoms with van der Waals surface area (Å²) in [5, 5.41) is 12.8. The van der Waals surface area contributed by atoms with Crippen LogP contribution in [0, 0.1) is 11.8 Å². The Morgan fingerprint density at radius 1 is 1.38 bits per heavy atom. The van der Waals surface area contributed by atoms with Gasteiger partial charge in [-0.15, -0.1) is 11.3 Å². The molecule has 2 N–H and O–H groups in total. The van der Waals surface area contributed by atoms with Gasteiger partial charge < -0.3 is 10.4 Å². The first-order chi connectivity index (χ1) is 11.6. The van der Waals surface area contributed by atoms with Crippen LogP contribution in [0.4, 0.5) is 0 Å². The number of rotatable bonds is 8. The van der Waals surface area contributed by atoms with Crippen LogP contribution in [0.5, 0.6) is 0 Å². The van der Waals surface area contributed by atoms with E-state index in [-0.39, 0.29) is 18.2 Å². The van der Waals surface area contributed by atoms with Crippen LogP contribution in [0.2, 0.25) is 0 Å². The largest absolute Gasteiger partial charge is 0.480 e. The Morgan fingerprint density at radius 2 is 2.12 bits per heavy atom. The lowest BCUT2D eigenvalue weighted by atomic mass is 10.0. The predicted molar refractivity (Wildman–Crippen MR) is 97.6 cm³/mol. The van der Waals surface area contributed by atoms with Gasteiger partial charge in [0.05, 0.1) is 15.2 Å². The van der Waals surface area contributed by atoms with Crippen molar-refractivity contribution in [2.24, 2.45) is 11.8 Å². The molecule has 3 rings (SSSR count). The number of thiol groups is 1. The van der Waals surface area contributed by atoms with Crippen molar-refractivity contribution in [1.82, 2.24) is 10.3 Å². The fourth-order valence-corrected chi connectivity index (χ4v) is 4.02. The standard InChI is InChI=1S/C17H20N2O3S2/c20-16(11(9-23)7-10-5-6-10)19-13(17(21)22)8-15-18-12-3-1-2-4-14(12)24-15/h1-4,10-11,13,23H,5-9H2,(H,19,20)(H,21,22)/t11-,13-/m0/s1. The summed E-state index contributed by atoms with van der Waals surface area (Å²) in [6, 6.07) is 6.72. The van der Waals surface area contributed by atoms with Crippen LogP contribution in [-0.2, 0) is 16.0 Å². The predicted octanol–water partition coefficient (Wildman–Crippen LogP) is 2.75. The minimum atomic E-state index is -1.04. The molecule has 0 spiro atoms. The zero-order chi connectivity index (χ0) is 17.1. The highest BCUT2D eigenvalue weighted by Gasteiger charge is 2.31. The third-order valence-corrected chi connectivity index (χ3v) is 5.74. The van der Waals surface area contributed by atoms with Crippen molar-refractivity contribution in [2.45, 2.75) is 31.7 Å². The molecule has 0 aliphatic heterocycles. The second-order valence-corrected chi connectivity index (χ2v) is 7.72. The smallest absolute Gasteiger partial charge is 0.326 e. The first-order valence-corrected chi connectivity index (χ1v) is 9.50. The van der Waals surface area contributed by atoms with E-state index in [1.165, 1.54) is 11.3 Å². The number of carbonyl (C=O) groups is 2. The molecular weight excluding hydrogens is 344 g/mol. The van der Waals surface area contributed by atoms with Gasteiger partial charge in [0.1, 0.15) is 6.04 Å². The number of nitrogens with one attached hydrogen (secondary N) is 1. The van der Waals surface area contributed by atoms with Crippen LogP contribution < -0.4 is 5.32 Å². The van der Waals surface area contributed by atoms with Gasteiger partial charge in [-0.1, -0.05) is 25.0 Å². The molecule has 1 amide bonds. The number of hydrogen-bond acceptors (Lipinski definition) is 5. The maximum Gasteiger partial charge on any atom is 0.326 e. The highest BCUT2D eigenvalue weighted by Crippen LogP contribution is 2.35. The number of aliphatic carboxylic acids is 1. The van der Waals surface area contributed by atoms with E-state index in [1.807, 2.05) is 24.3 Å². The molecule has 24 heavy (non-hydrogen) atoms. The molecule has 1 fully saturated rings. The number of thiazole rings is 1. The van der Waals surface area contributed by atoms with Crippen molar-refractivity contribution in [2.75, 3.05) is 5.75 Å². The molecule has 1 aromatic carbocycles. The molecule has 0 radical (unpaired) electrons. The van der Waals surface area contributed by atoms with Gasteiger partial charge in [-0.2, -0.15) is 12.6 Å². The zero-order valence-corrected chi connectivity index (χ0v) is 14.9. The Morgan fingerprint density at radius 3 is 2.75 bits per heavy atom. The number of fused-ring (bicyclic) bond motifs is 1. The van der Waals surface area contributed by atoms with E-state index in [9.17, 15) is 14.7 Å². The summed E-state index contributed by atoms with van der Waals surface area (Å²) in [4.78, 5) is 28.4. The molecule has 5 nitrogen and oxygen atoms in total. The van der Waals surface area contributed by atoms with E-state index < -0.39 is 12.0 Å². The lowest BCUT2D eigenvalue weighted by molar-refractivity contribution is -0.142. The van der Waals surface area contributed by atoms with Crippen LogP contribution in [0.1, 0.15) is 24.3 Å². The van der Waals surface area contributed by atoms with Gasteiger partial charge in [0.15, 0.2) is 0 Å². The van der Waals surface area contributed by atoms with Gasteiger partial charge in [-0.3, -0.25) is 4.79 Å². The fourth-order valence-electron chi connectivity index (χ4n) is 2.69. The SMILES string of the molecule is O=C(N[C@@H](Cc1nc2ccccc2s1)C(=O)O)[C@H](CS)CC1CC1. The van der Waals surface area contributed by atoms with Gasteiger partial charge in [0, 0.05) is 18.1 Å². The Hall–Kier alpha value is -1.60. The molecule has 0 saturated heterocycles.